The van der Waals surface area contributed by atoms with E-state index in [2.05, 4.69) is 0 Å². The van der Waals surface area contributed by atoms with Crippen LogP contribution in [0.2, 0.25) is 0 Å². The molecule has 0 fully saturated rings. The second-order valence-electron chi connectivity index (χ2n) is 8.41. The summed E-state index contributed by atoms with van der Waals surface area (Å²) in [4.78, 5) is 41.2. The van der Waals surface area contributed by atoms with Crippen LogP contribution >= 0.6 is 0 Å². The van der Waals surface area contributed by atoms with Crippen LogP contribution in [0.3, 0.4) is 0 Å². The summed E-state index contributed by atoms with van der Waals surface area (Å²) in [5.41, 5.74) is 4.02. The zero-order chi connectivity index (χ0) is 30.2. The topological polar surface area (TPSA) is 161 Å². The van der Waals surface area contributed by atoms with Crippen LogP contribution in [0, 0.1) is 27.7 Å². The summed E-state index contributed by atoms with van der Waals surface area (Å²) in [6, 6.07) is 27.0. The largest absolute Gasteiger partial charge is 4.00 e. The number of carboxylic acid groups (broad SMARTS) is 4. The van der Waals surface area contributed by atoms with Crippen molar-refractivity contribution in [1.29, 1.82) is 0 Å². The van der Waals surface area contributed by atoms with Crippen LogP contribution in [0.5, 0.6) is 0 Å². The van der Waals surface area contributed by atoms with Crippen molar-refractivity contribution in [2.24, 2.45) is 0 Å². The molecule has 8 nitrogen and oxygen atoms in total. The first-order valence-corrected chi connectivity index (χ1v) is 11.9. The van der Waals surface area contributed by atoms with Crippen molar-refractivity contribution in [1.82, 2.24) is 0 Å². The van der Waals surface area contributed by atoms with E-state index in [-0.39, 0.29) is 44.0 Å². The summed E-state index contributed by atoms with van der Waals surface area (Å²) < 4.78 is 0. The van der Waals surface area contributed by atoms with Gasteiger partial charge >= 0.3 is 21.7 Å². The second-order valence-corrected chi connectivity index (χ2v) is 8.41. The van der Waals surface area contributed by atoms with Crippen molar-refractivity contribution < 1.29 is 61.3 Å². The number of rotatable bonds is 4. The van der Waals surface area contributed by atoms with Crippen molar-refractivity contribution >= 4 is 23.9 Å². The quantitative estimate of drug-likeness (QED) is 0.324. The number of benzene rings is 4. The van der Waals surface area contributed by atoms with Gasteiger partial charge in [-0.1, -0.05) is 97.1 Å². The van der Waals surface area contributed by atoms with Crippen LogP contribution < -0.4 is 20.4 Å². The Morgan fingerprint density at radius 1 is 0.366 bits per heavy atom. The summed E-state index contributed by atoms with van der Waals surface area (Å²) in [5, 5.41) is 41.2. The molecule has 9 heteroatoms. The molecule has 0 unspecified atom stereocenters. The predicted octanol–water partition coefficient (Wildman–Crippen LogP) is 1.43. The molecule has 4 aromatic rings. The fraction of sp³-hybridized carbons (Fsp3) is 0.125. The van der Waals surface area contributed by atoms with Gasteiger partial charge in [0, 0.05) is 22.3 Å². The number of hydrogen-bond acceptors (Lipinski definition) is 8. The Balaban J connectivity index is 0.000000516. The second kappa shape index (κ2) is 18.7. The van der Waals surface area contributed by atoms with E-state index in [1.807, 2.05) is 0 Å². The molecule has 4 aromatic carbocycles. The van der Waals surface area contributed by atoms with Gasteiger partial charge in [-0.15, -0.1) is 0 Å². The van der Waals surface area contributed by atoms with Gasteiger partial charge in [0.05, 0.1) is 23.9 Å². The van der Waals surface area contributed by atoms with Gasteiger partial charge in [-0.25, -0.2) is 0 Å². The maximum Gasteiger partial charge on any atom is 4.00 e. The summed E-state index contributed by atoms with van der Waals surface area (Å²) in [5.74, 6) is -4.45. The predicted molar refractivity (Wildman–Crippen MR) is 142 cm³/mol. The molecule has 208 valence electrons. The fourth-order valence-corrected chi connectivity index (χ4v) is 3.21. The van der Waals surface area contributed by atoms with E-state index < -0.39 is 23.9 Å². The number of aromatic carboxylic acids is 4. The van der Waals surface area contributed by atoms with E-state index in [1.54, 1.807) is 100 Å². The Morgan fingerprint density at radius 2 is 0.512 bits per heavy atom. The van der Waals surface area contributed by atoms with Gasteiger partial charge in [0.2, 0.25) is 0 Å². The molecule has 0 N–H and O–H groups in total. The maximum absolute atomic E-state index is 10.3. The molecule has 0 aliphatic carbocycles. The minimum Gasteiger partial charge on any atom is -0.545 e. The summed E-state index contributed by atoms with van der Waals surface area (Å²) >= 11 is 0. The molecule has 0 saturated heterocycles. The Bertz CT molecular complexity index is 1240. The average molecular weight is 588 g/mol. The summed E-state index contributed by atoms with van der Waals surface area (Å²) in [6.07, 6.45) is 0. The molecule has 0 aliphatic rings. The molecule has 0 aromatic heterocycles. The molecule has 0 spiro atoms. The zero-order valence-corrected chi connectivity index (χ0v) is 24.6. The molecule has 0 amide bonds. The fourth-order valence-electron chi connectivity index (χ4n) is 3.21. The average Bonchev–Trinajstić information content (AvgIpc) is 2.90. The molecular weight excluding hydrogens is 560 g/mol. The van der Waals surface area contributed by atoms with Crippen LogP contribution in [0.15, 0.2) is 97.1 Å². The van der Waals surface area contributed by atoms with E-state index in [0.29, 0.717) is 0 Å². The summed E-state index contributed by atoms with van der Waals surface area (Å²) in [7, 11) is 0. The Hall–Kier alpha value is -4.53. The van der Waals surface area contributed by atoms with E-state index in [9.17, 15) is 39.6 Å². The monoisotopic (exact) mass is 588 g/mol. The Morgan fingerprint density at radius 3 is 0.610 bits per heavy atom. The minimum atomic E-state index is -1.11. The Kier molecular flexibility index (Phi) is 16.6. The van der Waals surface area contributed by atoms with Crippen molar-refractivity contribution in [3.63, 3.8) is 0 Å². The van der Waals surface area contributed by atoms with E-state index in [0.717, 1.165) is 22.3 Å². The molecule has 0 radical (unpaired) electrons. The first-order valence-electron chi connectivity index (χ1n) is 11.9. The maximum atomic E-state index is 10.3. The number of aryl methyl sites for hydroxylation is 4. The van der Waals surface area contributed by atoms with E-state index >= 15 is 0 Å². The van der Waals surface area contributed by atoms with E-state index in [1.165, 1.54) is 24.3 Å². The smallest absolute Gasteiger partial charge is 0.545 e. The number of carbonyl (C=O) groups is 4. The molecule has 0 atom stereocenters. The SMILES string of the molecule is Cc1ccccc1C(=O)[O-].Cc1ccccc1C(=O)[O-].Cc1ccccc1C(=O)[O-].Cc1ccccc1C(=O)[O-].[Ti+4]. The van der Waals surface area contributed by atoms with Gasteiger partial charge < -0.3 is 39.6 Å². The van der Waals surface area contributed by atoms with Gasteiger partial charge in [-0.2, -0.15) is 0 Å². The molecule has 0 aliphatic heterocycles. The third kappa shape index (κ3) is 12.9. The van der Waals surface area contributed by atoms with Crippen LogP contribution in [0.25, 0.3) is 0 Å². The third-order valence-corrected chi connectivity index (χ3v) is 5.46. The number of hydrogen-bond donors (Lipinski definition) is 0. The molecule has 4 rings (SSSR count). The van der Waals surface area contributed by atoms with E-state index in [4.69, 9.17) is 0 Å². The standard InChI is InChI=1S/4C8H8O2.Ti/c4*1-6-4-2-3-5-7(6)8(9)10;/h4*2-5H,1H3,(H,9,10);/q;;;;+4/p-4. The van der Waals surface area contributed by atoms with Gasteiger partial charge in [0.25, 0.3) is 0 Å². The third-order valence-electron chi connectivity index (χ3n) is 5.46. The van der Waals surface area contributed by atoms with Crippen molar-refractivity contribution in [3.8, 4) is 0 Å². The van der Waals surface area contributed by atoms with Gasteiger partial charge in [-0.05, 0) is 49.9 Å². The first-order chi connectivity index (χ1) is 18.9. The Labute approximate surface area is 253 Å². The molecule has 41 heavy (non-hydrogen) atoms. The van der Waals surface area contributed by atoms with Gasteiger partial charge in [0.15, 0.2) is 0 Å². The molecule has 0 heterocycles. The van der Waals surface area contributed by atoms with Crippen molar-refractivity contribution in [3.05, 3.63) is 142 Å². The number of carbonyl (C=O) groups excluding carboxylic acids is 4. The van der Waals surface area contributed by atoms with Crippen LogP contribution in [0.1, 0.15) is 63.7 Å². The summed E-state index contributed by atoms with van der Waals surface area (Å²) in [6.45, 7) is 6.96. The minimum absolute atomic E-state index is 0. The zero-order valence-electron chi connectivity index (χ0n) is 23.0. The van der Waals surface area contributed by atoms with Gasteiger partial charge in [-0.3, -0.25) is 0 Å². The number of carboxylic acids is 4. The van der Waals surface area contributed by atoms with Gasteiger partial charge in [0.1, 0.15) is 0 Å². The normalized spacial score (nSPS) is 9.07. The molecular formula is C32H28O8Ti. The molecule has 0 bridgehead atoms. The van der Waals surface area contributed by atoms with Crippen molar-refractivity contribution in [2.45, 2.75) is 27.7 Å². The molecule has 0 saturated carbocycles. The van der Waals surface area contributed by atoms with Crippen LogP contribution in [0.4, 0.5) is 0 Å². The van der Waals surface area contributed by atoms with Crippen LogP contribution in [-0.2, 0) is 21.7 Å². The van der Waals surface area contributed by atoms with Crippen molar-refractivity contribution in [2.75, 3.05) is 0 Å². The first kappa shape index (κ1) is 36.5. The van der Waals surface area contributed by atoms with Crippen LogP contribution in [-0.4, -0.2) is 23.9 Å².